The number of rotatable bonds is 7. The predicted molar refractivity (Wildman–Crippen MR) is 124 cm³/mol. The highest BCUT2D eigenvalue weighted by molar-refractivity contribution is 7.99. The summed E-state index contributed by atoms with van der Waals surface area (Å²) >= 11 is 13.2. The van der Waals surface area contributed by atoms with Crippen molar-refractivity contribution < 1.29 is 9.59 Å². The van der Waals surface area contributed by atoms with Gasteiger partial charge in [-0.3, -0.25) is 9.59 Å². The Morgan fingerprint density at radius 3 is 2.65 bits per heavy atom. The molecule has 0 aliphatic heterocycles. The normalized spacial score (nSPS) is 11.8. The van der Waals surface area contributed by atoms with Gasteiger partial charge in [0.05, 0.1) is 22.5 Å². The first kappa shape index (κ1) is 23.1. The second-order valence-electron chi connectivity index (χ2n) is 6.93. The number of halogens is 2. The van der Waals surface area contributed by atoms with Gasteiger partial charge in [0.15, 0.2) is 11.0 Å². The Bertz CT molecular complexity index is 1120. The minimum atomic E-state index is -0.360. The molecule has 0 aliphatic rings. The maximum Gasteiger partial charge on any atom is 0.251 e. The van der Waals surface area contributed by atoms with Gasteiger partial charge in [-0.15, -0.1) is 10.2 Å². The summed E-state index contributed by atoms with van der Waals surface area (Å²) in [6.07, 6.45) is 0. The summed E-state index contributed by atoms with van der Waals surface area (Å²) in [4.78, 5) is 24.8. The van der Waals surface area contributed by atoms with Crippen molar-refractivity contribution in [1.82, 2.24) is 20.1 Å². The van der Waals surface area contributed by atoms with Crippen LogP contribution < -0.4 is 10.6 Å². The van der Waals surface area contributed by atoms with E-state index in [4.69, 9.17) is 23.2 Å². The number of hydrogen-bond acceptors (Lipinski definition) is 5. The van der Waals surface area contributed by atoms with E-state index in [1.807, 2.05) is 32.0 Å². The van der Waals surface area contributed by atoms with Crippen LogP contribution in [0.1, 0.15) is 34.7 Å². The fraction of sp³-hybridized carbons (Fsp3) is 0.238. The van der Waals surface area contributed by atoms with Crippen LogP contribution in [0.2, 0.25) is 10.0 Å². The third-order valence-corrected chi connectivity index (χ3v) is 5.99. The number of carbonyl (C=O) groups excluding carboxylic acids is 2. The van der Waals surface area contributed by atoms with Crippen molar-refractivity contribution in [1.29, 1.82) is 0 Å². The molecule has 10 heteroatoms. The Labute approximate surface area is 194 Å². The molecule has 0 spiro atoms. The molecular formula is C21H21Cl2N5O2S. The summed E-state index contributed by atoms with van der Waals surface area (Å²) in [6.45, 7) is 3.77. The molecule has 2 aromatic carbocycles. The summed E-state index contributed by atoms with van der Waals surface area (Å²) in [7, 11) is 1.79. The molecule has 31 heavy (non-hydrogen) atoms. The summed E-state index contributed by atoms with van der Waals surface area (Å²) in [6, 6.07) is 11.9. The zero-order chi connectivity index (χ0) is 22.5. The van der Waals surface area contributed by atoms with E-state index in [1.54, 1.807) is 35.9 Å². The number of aryl methyl sites for hydroxylation is 1. The first-order valence-electron chi connectivity index (χ1n) is 9.39. The number of anilines is 1. The quantitative estimate of drug-likeness (QED) is 0.483. The minimum Gasteiger partial charge on any atom is -0.342 e. The highest BCUT2D eigenvalue weighted by atomic mass is 35.5. The summed E-state index contributed by atoms with van der Waals surface area (Å²) in [5.74, 6) is 0.284. The van der Waals surface area contributed by atoms with E-state index in [9.17, 15) is 9.59 Å². The molecule has 0 unspecified atom stereocenters. The van der Waals surface area contributed by atoms with E-state index in [-0.39, 0.29) is 23.6 Å². The molecule has 7 nitrogen and oxygen atoms in total. The summed E-state index contributed by atoms with van der Waals surface area (Å²) in [5, 5.41) is 15.4. The van der Waals surface area contributed by atoms with Crippen molar-refractivity contribution >= 4 is 52.5 Å². The molecular weight excluding hydrogens is 457 g/mol. The van der Waals surface area contributed by atoms with Gasteiger partial charge >= 0.3 is 0 Å². The number of amides is 2. The number of hydrogen-bond donors (Lipinski definition) is 2. The van der Waals surface area contributed by atoms with E-state index >= 15 is 0 Å². The van der Waals surface area contributed by atoms with E-state index in [2.05, 4.69) is 20.8 Å². The van der Waals surface area contributed by atoms with Gasteiger partial charge in [0.2, 0.25) is 5.91 Å². The van der Waals surface area contributed by atoms with Crippen molar-refractivity contribution in [2.45, 2.75) is 25.0 Å². The Morgan fingerprint density at radius 2 is 1.94 bits per heavy atom. The number of carbonyl (C=O) groups is 2. The molecule has 2 N–H and O–H groups in total. The van der Waals surface area contributed by atoms with Crippen molar-refractivity contribution in [2.75, 3.05) is 11.1 Å². The van der Waals surface area contributed by atoms with Crippen molar-refractivity contribution in [3.8, 4) is 0 Å². The van der Waals surface area contributed by atoms with Crippen LogP contribution in [0, 0.1) is 6.92 Å². The zero-order valence-corrected chi connectivity index (χ0v) is 19.5. The lowest BCUT2D eigenvalue weighted by Gasteiger charge is -2.14. The maximum atomic E-state index is 12.5. The summed E-state index contributed by atoms with van der Waals surface area (Å²) in [5.41, 5.74) is 2.08. The van der Waals surface area contributed by atoms with Crippen LogP contribution in [0.3, 0.4) is 0 Å². The van der Waals surface area contributed by atoms with Gasteiger partial charge in [0.1, 0.15) is 0 Å². The number of nitrogens with zero attached hydrogens (tertiary/aromatic N) is 3. The Kier molecular flexibility index (Phi) is 7.59. The standard InChI is InChI=1S/C21H21Cl2N5O2S/c1-12-5-4-6-14(9-12)20(30)24-13(2)19-26-27-21(28(19)3)31-11-18(29)25-17-8-7-15(22)10-16(17)23/h4-10,13H,11H2,1-3H3,(H,24,30)(H,25,29)/t13-/m1/s1. The molecule has 0 aliphatic carbocycles. The Balaban J connectivity index is 1.59. The van der Waals surface area contributed by atoms with Crippen LogP contribution >= 0.6 is 35.0 Å². The Hall–Kier alpha value is -2.55. The molecule has 3 aromatic rings. The topological polar surface area (TPSA) is 88.9 Å². The van der Waals surface area contributed by atoms with Crippen LogP contribution in [0.15, 0.2) is 47.6 Å². The SMILES string of the molecule is Cc1cccc(C(=O)N[C@H](C)c2nnc(SCC(=O)Nc3ccc(Cl)cc3Cl)n2C)c1. The molecule has 162 valence electrons. The number of benzene rings is 2. The number of nitrogens with one attached hydrogen (secondary N) is 2. The van der Waals surface area contributed by atoms with Crippen LogP contribution in [0.25, 0.3) is 0 Å². The van der Waals surface area contributed by atoms with E-state index in [1.165, 1.54) is 11.8 Å². The highest BCUT2D eigenvalue weighted by Crippen LogP contribution is 2.26. The molecule has 2 amide bonds. The van der Waals surface area contributed by atoms with E-state index < -0.39 is 0 Å². The molecule has 0 saturated heterocycles. The van der Waals surface area contributed by atoms with Gasteiger partial charge in [-0.05, 0) is 44.2 Å². The molecule has 1 atom stereocenters. The summed E-state index contributed by atoms with van der Waals surface area (Å²) < 4.78 is 1.76. The van der Waals surface area contributed by atoms with Crippen LogP contribution in [-0.4, -0.2) is 32.3 Å². The Morgan fingerprint density at radius 1 is 1.16 bits per heavy atom. The molecule has 1 aromatic heterocycles. The smallest absolute Gasteiger partial charge is 0.251 e. The predicted octanol–water partition coefficient (Wildman–Crippen LogP) is 4.65. The molecule has 3 rings (SSSR count). The van der Waals surface area contributed by atoms with E-state index in [0.717, 1.165) is 5.56 Å². The lowest BCUT2D eigenvalue weighted by atomic mass is 10.1. The van der Waals surface area contributed by atoms with E-state index in [0.29, 0.717) is 32.3 Å². The monoisotopic (exact) mass is 477 g/mol. The second kappa shape index (κ2) is 10.2. The third-order valence-electron chi connectivity index (χ3n) is 4.42. The average molecular weight is 478 g/mol. The van der Waals surface area contributed by atoms with Gasteiger partial charge < -0.3 is 15.2 Å². The lowest BCUT2D eigenvalue weighted by molar-refractivity contribution is -0.113. The van der Waals surface area contributed by atoms with Gasteiger partial charge in [0.25, 0.3) is 5.91 Å². The third kappa shape index (κ3) is 6.00. The van der Waals surface area contributed by atoms with Crippen LogP contribution in [0.5, 0.6) is 0 Å². The maximum absolute atomic E-state index is 12.5. The molecule has 0 bridgehead atoms. The lowest BCUT2D eigenvalue weighted by Crippen LogP contribution is -2.28. The molecule has 0 saturated carbocycles. The number of thioether (sulfide) groups is 1. The average Bonchev–Trinajstić information content (AvgIpc) is 3.09. The van der Waals surface area contributed by atoms with Gasteiger partial charge in [-0.2, -0.15) is 0 Å². The largest absolute Gasteiger partial charge is 0.342 e. The fourth-order valence-electron chi connectivity index (χ4n) is 2.87. The minimum absolute atomic E-state index is 0.120. The van der Waals surface area contributed by atoms with Crippen molar-refractivity contribution in [2.24, 2.45) is 7.05 Å². The van der Waals surface area contributed by atoms with Crippen LogP contribution in [-0.2, 0) is 11.8 Å². The number of aromatic nitrogens is 3. The van der Waals surface area contributed by atoms with Gasteiger partial charge in [-0.25, -0.2) is 0 Å². The molecule has 1 heterocycles. The first-order valence-corrected chi connectivity index (χ1v) is 11.1. The highest BCUT2D eigenvalue weighted by Gasteiger charge is 2.19. The first-order chi connectivity index (χ1) is 14.7. The van der Waals surface area contributed by atoms with Gasteiger partial charge in [-0.1, -0.05) is 52.7 Å². The van der Waals surface area contributed by atoms with Gasteiger partial charge in [0, 0.05) is 17.6 Å². The van der Waals surface area contributed by atoms with Crippen LogP contribution in [0.4, 0.5) is 5.69 Å². The molecule has 0 fully saturated rings. The second-order valence-corrected chi connectivity index (χ2v) is 8.71. The zero-order valence-electron chi connectivity index (χ0n) is 17.1. The fourth-order valence-corrected chi connectivity index (χ4v) is 4.04. The van der Waals surface area contributed by atoms with Crippen molar-refractivity contribution in [3.05, 3.63) is 69.5 Å². The van der Waals surface area contributed by atoms with Crippen molar-refractivity contribution in [3.63, 3.8) is 0 Å². The molecule has 0 radical (unpaired) electrons.